The normalized spacial score (nSPS) is 11.1. The van der Waals surface area contributed by atoms with Gasteiger partial charge in [-0.25, -0.2) is 8.42 Å². The van der Waals surface area contributed by atoms with Gasteiger partial charge in [0.2, 0.25) is 5.91 Å². The molecule has 0 aliphatic carbocycles. The van der Waals surface area contributed by atoms with E-state index in [9.17, 15) is 18.0 Å². The molecule has 1 aromatic heterocycles. The molecule has 2 aromatic carbocycles. The van der Waals surface area contributed by atoms with Crippen LogP contribution in [0.25, 0.3) is 0 Å². The smallest absolute Gasteiger partial charge is 0.291 e. The fraction of sp³-hybridized carbons (Fsp3) is 0.182. The highest BCUT2D eigenvalue weighted by molar-refractivity contribution is 9.10. The van der Waals surface area contributed by atoms with Crippen molar-refractivity contribution in [2.75, 3.05) is 11.1 Å². The van der Waals surface area contributed by atoms with Gasteiger partial charge in [0.1, 0.15) is 0 Å². The molecular formula is C22H21BrN2O5S. The van der Waals surface area contributed by atoms with Crippen LogP contribution in [0.4, 0.5) is 5.69 Å². The first-order chi connectivity index (χ1) is 14.8. The van der Waals surface area contributed by atoms with Crippen LogP contribution in [-0.4, -0.2) is 26.0 Å². The number of halogens is 1. The van der Waals surface area contributed by atoms with E-state index in [1.807, 2.05) is 6.07 Å². The molecule has 2 amide bonds. The van der Waals surface area contributed by atoms with Gasteiger partial charge in [0.15, 0.2) is 15.6 Å². The molecule has 3 rings (SSSR count). The van der Waals surface area contributed by atoms with Gasteiger partial charge in [-0.05, 0) is 47.5 Å². The Balaban J connectivity index is 1.47. The van der Waals surface area contributed by atoms with Crippen LogP contribution in [0.5, 0.6) is 0 Å². The van der Waals surface area contributed by atoms with Crippen molar-refractivity contribution in [2.45, 2.75) is 18.7 Å². The minimum Gasteiger partial charge on any atom is -0.459 e. The molecule has 0 saturated heterocycles. The first-order valence-corrected chi connectivity index (χ1v) is 12.1. The van der Waals surface area contributed by atoms with Gasteiger partial charge >= 0.3 is 0 Å². The maximum Gasteiger partial charge on any atom is 0.291 e. The summed E-state index contributed by atoms with van der Waals surface area (Å²) in [7, 11) is -3.41. The standard InChI is InChI=1S/C22H21BrN2O5S/c23-18-6-1-5-17(12-18)15-31(28,29)11-9-21(26)24-14-16-4-2-7-19(13-16)25-22(27)20-8-3-10-30-20/h1-8,10,12-13H,9,11,14-15H2,(H,24,26)(H,25,27). The van der Waals surface area contributed by atoms with Crippen LogP contribution in [0.3, 0.4) is 0 Å². The average molecular weight is 505 g/mol. The summed E-state index contributed by atoms with van der Waals surface area (Å²) in [6.07, 6.45) is 1.30. The quantitative estimate of drug-likeness (QED) is 0.459. The zero-order valence-electron chi connectivity index (χ0n) is 16.5. The number of benzene rings is 2. The highest BCUT2D eigenvalue weighted by Crippen LogP contribution is 2.15. The molecule has 2 N–H and O–H groups in total. The molecule has 0 saturated carbocycles. The van der Waals surface area contributed by atoms with Gasteiger partial charge in [-0.1, -0.05) is 40.2 Å². The Morgan fingerprint density at radius 1 is 0.968 bits per heavy atom. The lowest BCUT2D eigenvalue weighted by atomic mass is 10.2. The predicted molar refractivity (Wildman–Crippen MR) is 121 cm³/mol. The molecule has 3 aromatic rings. The van der Waals surface area contributed by atoms with Crippen LogP contribution in [0.2, 0.25) is 0 Å². The largest absolute Gasteiger partial charge is 0.459 e. The van der Waals surface area contributed by atoms with Crippen LogP contribution < -0.4 is 10.6 Å². The second-order valence-electron chi connectivity index (χ2n) is 6.88. The third-order valence-corrected chi connectivity index (χ3v) is 6.43. The van der Waals surface area contributed by atoms with Crippen LogP contribution in [0.15, 0.2) is 75.8 Å². The molecule has 31 heavy (non-hydrogen) atoms. The minimum absolute atomic E-state index is 0.114. The molecule has 0 unspecified atom stereocenters. The first kappa shape index (κ1) is 22.8. The van der Waals surface area contributed by atoms with E-state index in [0.717, 1.165) is 10.0 Å². The summed E-state index contributed by atoms with van der Waals surface area (Å²) >= 11 is 3.32. The number of anilines is 1. The number of carbonyl (C=O) groups excluding carboxylic acids is 2. The molecule has 0 atom stereocenters. The Hall–Kier alpha value is -2.91. The molecule has 0 aliphatic rings. The Bertz CT molecular complexity index is 1160. The molecule has 0 aliphatic heterocycles. The highest BCUT2D eigenvalue weighted by atomic mass is 79.9. The molecule has 9 heteroatoms. The van der Waals surface area contributed by atoms with E-state index >= 15 is 0 Å². The van der Waals surface area contributed by atoms with Crippen molar-refractivity contribution < 1.29 is 22.4 Å². The summed E-state index contributed by atoms with van der Waals surface area (Å²) in [6, 6.07) is 17.3. The van der Waals surface area contributed by atoms with Gasteiger partial charge in [-0.3, -0.25) is 9.59 Å². The van der Waals surface area contributed by atoms with Crippen LogP contribution in [0, 0.1) is 0 Å². The van der Waals surface area contributed by atoms with Crippen molar-refractivity contribution in [1.29, 1.82) is 0 Å². The zero-order chi connectivity index (χ0) is 22.3. The molecule has 0 fully saturated rings. The lowest BCUT2D eigenvalue weighted by Gasteiger charge is -2.09. The van der Waals surface area contributed by atoms with Gasteiger partial charge in [0.05, 0.1) is 17.8 Å². The first-order valence-electron chi connectivity index (χ1n) is 9.46. The van der Waals surface area contributed by atoms with Crippen molar-refractivity contribution >= 4 is 43.3 Å². The third kappa shape index (κ3) is 7.37. The lowest BCUT2D eigenvalue weighted by molar-refractivity contribution is -0.120. The monoisotopic (exact) mass is 504 g/mol. The second-order valence-corrected chi connectivity index (χ2v) is 9.98. The zero-order valence-corrected chi connectivity index (χ0v) is 18.9. The number of rotatable bonds is 9. The average Bonchev–Trinajstić information content (AvgIpc) is 3.26. The summed E-state index contributed by atoms with van der Waals surface area (Å²) in [5, 5.41) is 5.43. The van der Waals surface area contributed by atoms with Crippen LogP contribution >= 0.6 is 15.9 Å². The highest BCUT2D eigenvalue weighted by Gasteiger charge is 2.15. The number of furan rings is 1. The summed E-state index contributed by atoms with van der Waals surface area (Å²) in [5.74, 6) is -0.880. The van der Waals surface area contributed by atoms with Gasteiger partial charge in [0, 0.05) is 23.1 Å². The molecule has 1 heterocycles. The van der Waals surface area contributed by atoms with E-state index in [0.29, 0.717) is 11.3 Å². The van der Waals surface area contributed by atoms with E-state index in [-0.39, 0.29) is 42.0 Å². The summed E-state index contributed by atoms with van der Waals surface area (Å²) in [4.78, 5) is 24.2. The number of carbonyl (C=O) groups is 2. The van der Waals surface area contributed by atoms with Gasteiger partial charge < -0.3 is 15.1 Å². The summed E-state index contributed by atoms with van der Waals surface area (Å²) in [6.45, 7) is 0.217. The fourth-order valence-electron chi connectivity index (χ4n) is 2.85. The summed E-state index contributed by atoms with van der Waals surface area (Å²) in [5.41, 5.74) is 2.00. The van der Waals surface area contributed by atoms with Crippen LogP contribution in [0.1, 0.15) is 28.1 Å². The topological polar surface area (TPSA) is 105 Å². The molecule has 0 radical (unpaired) electrons. The van der Waals surface area contributed by atoms with Gasteiger partial charge in [0.25, 0.3) is 5.91 Å². The molecule has 162 valence electrons. The molecular weight excluding hydrogens is 484 g/mol. The second kappa shape index (κ2) is 10.4. The van der Waals surface area contributed by atoms with Crippen molar-refractivity contribution in [3.05, 3.63) is 88.3 Å². The maximum atomic E-state index is 12.3. The number of hydrogen-bond donors (Lipinski definition) is 2. The van der Waals surface area contributed by atoms with E-state index in [1.165, 1.54) is 6.26 Å². The molecule has 0 bridgehead atoms. The third-order valence-electron chi connectivity index (χ3n) is 4.34. The maximum absolute atomic E-state index is 12.3. The SMILES string of the molecule is O=C(CCS(=O)(=O)Cc1cccc(Br)c1)NCc1cccc(NC(=O)c2ccco2)c1. The van der Waals surface area contributed by atoms with Crippen molar-refractivity contribution in [3.63, 3.8) is 0 Å². The van der Waals surface area contributed by atoms with Crippen LogP contribution in [-0.2, 0) is 26.9 Å². The summed E-state index contributed by atoms with van der Waals surface area (Å²) < 4.78 is 30.4. The Morgan fingerprint density at radius 3 is 2.48 bits per heavy atom. The fourth-order valence-corrected chi connectivity index (χ4v) is 4.62. The lowest BCUT2D eigenvalue weighted by Crippen LogP contribution is -2.25. The number of hydrogen-bond acceptors (Lipinski definition) is 5. The van der Waals surface area contributed by atoms with Gasteiger partial charge in [-0.15, -0.1) is 0 Å². The van der Waals surface area contributed by atoms with E-state index < -0.39 is 9.84 Å². The number of sulfone groups is 1. The minimum atomic E-state index is -3.41. The predicted octanol–water partition coefficient (Wildman–Crippen LogP) is 3.92. The van der Waals surface area contributed by atoms with Crippen molar-refractivity contribution in [3.8, 4) is 0 Å². The number of amides is 2. The van der Waals surface area contributed by atoms with E-state index in [2.05, 4.69) is 26.6 Å². The van der Waals surface area contributed by atoms with Crippen molar-refractivity contribution in [2.24, 2.45) is 0 Å². The van der Waals surface area contributed by atoms with Crippen molar-refractivity contribution in [1.82, 2.24) is 5.32 Å². The van der Waals surface area contributed by atoms with Gasteiger partial charge in [-0.2, -0.15) is 0 Å². The van der Waals surface area contributed by atoms with E-state index in [1.54, 1.807) is 54.6 Å². The van der Waals surface area contributed by atoms with E-state index in [4.69, 9.17) is 4.42 Å². The Morgan fingerprint density at radius 2 is 1.74 bits per heavy atom. The molecule has 7 nitrogen and oxygen atoms in total. The molecule has 0 spiro atoms. The number of nitrogens with one attached hydrogen (secondary N) is 2. The Kier molecular flexibility index (Phi) is 7.64. The Labute approximate surface area is 188 Å².